The van der Waals surface area contributed by atoms with Crippen molar-refractivity contribution in [2.75, 3.05) is 5.73 Å². The Hall–Kier alpha value is -2.26. The van der Waals surface area contributed by atoms with Crippen LogP contribution in [0.3, 0.4) is 0 Å². The van der Waals surface area contributed by atoms with Gasteiger partial charge in [-0.25, -0.2) is 0 Å². The fourth-order valence-electron chi connectivity index (χ4n) is 5.26. The van der Waals surface area contributed by atoms with Crippen LogP contribution in [0.2, 0.25) is 9.85 Å². The molecule has 9 heteroatoms. The average Bonchev–Trinajstić information content (AvgIpc) is 3.09. The molecule has 2 heterocycles. The molecule has 0 saturated carbocycles. The third-order valence-electron chi connectivity index (χ3n) is 6.80. The summed E-state index contributed by atoms with van der Waals surface area (Å²) in [6.45, 7) is 6.41. The first-order valence-corrected chi connectivity index (χ1v) is 15.3. The number of nitrogens with zero attached hydrogens (tertiary/aromatic N) is 2. The van der Waals surface area contributed by atoms with E-state index in [-0.39, 0.29) is 10.9 Å². The maximum absolute atomic E-state index is 12.5. The van der Waals surface area contributed by atoms with Gasteiger partial charge in [0.1, 0.15) is 0 Å². The average molecular weight is 545 g/mol. The van der Waals surface area contributed by atoms with Crippen molar-refractivity contribution in [2.45, 2.75) is 53.5 Å². The number of hydrogen-bond donors (Lipinski definition) is 4. The Morgan fingerprint density at radius 2 is 1.50 bits per heavy atom. The molecule has 0 radical (unpaired) electrons. The van der Waals surface area contributed by atoms with Crippen molar-refractivity contribution in [3.63, 3.8) is 0 Å². The third-order valence-corrected chi connectivity index (χ3v) is 16.9. The molecule has 0 bridgehead atoms. The monoisotopic (exact) mass is 545 g/mol. The van der Waals surface area contributed by atoms with Gasteiger partial charge < -0.3 is 0 Å². The molecule has 0 spiro atoms. The molecular formula is C25H31N3O4SeSi. The molecule has 1 saturated heterocycles. The molecule has 34 heavy (non-hydrogen) atoms. The van der Waals surface area contributed by atoms with Crippen LogP contribution in [0.5, 0.6) is 0 Å². The van der Waals surface area contributed by atoms with Gasteiger partial charge in [-0.2, -0.15) is 0 Å². The zero-order chi connectivity index (χ0) is 24.7. The molecule has 0 amide bonds. The summed E-state index contributed by atoms with van der Waals surface area (Å²) in [6, 6.07) is 21.6. The summed E-state index contributed by atoms with van der Waals surface area (Å²) in [6.07, 6.45) is -0.864. The van der Waals surface area contributed by atoms with Crippen LogP contribution in [-0.4, -0.2) is 65.8 Å². The van der Waals surface area contributed by atoms with E-state index < -0.39 is 56.4 Å². The van der Waals surface area contributed by atoms with Crippen molar-refractivity contribution in [2.24, 2.45) is 0 Å². The normalized spacial score (nSPS) is 24.2. The first kappa shape index (κ1) is 24.8. The van der Waals surface area contributed by atoms with E-state index in [4.69, 9.17) is 5.73 Å². The van der Waals surface area contributed by atoms with Crippen LogP contribution in [0.25, 0.3) is 0 Å². The van der Waals surface area contributed by atoms with Crippen LogP contribution in [0.4, 0.5) is 5.82 Å². The van der Waals surface area contributed by atoms with Gasteiger partial charge in [-0.05, 0) is 0 Å². The fourth-order valence-corrected chi connectivity index (χ4v) is 15.7. The first-order chi connectivity index (χ1) is 16.1. The van der Waals surface area contributed by atoms with Crippen molar-refractivity contribution >= 4 is 39.2 Å². The number of benzene rings is 2. The summed E-state index contributed by atoms with van der Waals surface area (Å²) >= 11 is -0.493. The zero-order valence-electron chi connectivity index (χ0n) is 19.4. The topological polar surface area (TPSA) is 122 Å². The van der Waals surface area contributed by atoms with Gasteiger partial charge in [-0.1, -0.05) is 0 Å². The molecule has 5 N–H and O–H groups in total. The molecule has 7 nitrogen and oxygen atoms in total. The number of aliphatic hydroxyl groups excluding tert-OH is 3. The fraction of sp³-hybridized carbons (Fsp3) is 0.360. The molecule has 1 aromatic heterocycles. The zero-order valence-corrected chi connectivity index (χ0v) is 22.2. The van der Waals surface area contributed by atoms with Gasteiger partial charge in [0, 0.05) is 0 Å². The summed E-state index contributed by atoms with van der Waals surface area (Å²) < 4.78 is 1.34. The number of aliphatic hydroxyl groups is 3. The second kappa shape index (κ2) is 9.41. The summed E-state index contributed by atoms with van der Waals surface area (Å²) in [4.78, 5) is 15.0. The minimum absolute atomic E-state index is 0.102. The quantitative estimate of drug-likeness (QED) is 0.348. The van der Waals surface area contributed by atoms with Crippen molar-refractivity contribution in [1.82, 2.24) is 9.55 Å². The van der Waals surface area contributed by atoms with E-state index in [2.05, 4.69) is 50.0 Å². The molecule has 5 atom stereocenters. The molecular weight excluding hydrogens is 513 g/mol. The molecule has 0 aliphatic carbocycles. The molecule has 1 unspecified atom stereocenters. The Balaban J connectivity index is 1.85. The molecule has 2 aromatic carbocycles. The van der Waals surface area contributed by atoms with E-state index in [1.165, 1.54) is 16.8 Å². The van der Waals surface area contributed by atoms with Crippen LogP contribution in [0.15, 0.2) is 77.7 Å². The van der Waals surface area contributed by atoms with E-state index in [1.807, 2.05) is 36.4 Å². The van der Waals surface area contributed by atoms with E-state index in [0.717, 1.165) is 10.4 Å². The number of hydrogen-bond acceptors (Lipinski definition) is 6. The Morgan fingerprint density at radius 3 is 1.97 bits per heavy atom. The Morgan fingerprint density at radius 1 is 0.971 bits per heavy atom. The van der Waals surface area contributed by atoms with E-state index in [1.54, 1.807) is 0 Å². The molecule has 180 valence electrons. The molecule has 3 aromatic rings. The second-order valence-electron chi connectivity index (χ2n) is 9.75. The molecule has 4 rings (SSSR count). The predicted molar refractivity (Wildman–Crippen MR) is 137 cm³/mol. The molecule has 1 aliphatic heterocycles. The van der Waals surface area contributed by atoms with Crippen LogP contribution in [0.1, 0.15) is 25.7 Å². The van der Waals surface area contributed by atoms with Gasteiger partial charge in [-0.3, -0.25) is 0 Å². The molecule has 1 aliphatic rings. The predicted octanol–water partition coefficient (Wildman–Crippen LogP) is 0.516. The first-order valence-electron chi connectivity index (χ1n) is 11.2. The Bertz CT molecular complexity index is 1150. The van der Waals surface area contributed by atoms with Gasteiger partial charge in [0.2, 0.25) is 0 Å². The number of rotatable bonds is 5. The number of nitrogens with two attached hydrogens (primary N) is 1. The maximum atomic E-state index is 12.5. The van der Waals surface area contributed by atoms with Gasteiger partial charge in [0.25, 0.3) is 0 Å². The van der Waals surface area contributed by atoms with Gasteiger partial charge >= 0.3 is 207 Å². The van der Waals surface area contributed by atoms with Gasteiger partial charge in [0.05, 0.1) is 0 Å². The molecule has 1 fully saturated rings. The number of anilines is 1. The van der Waals surface area contributed by atoms with Crippen molar-refractivity contribution < 1.29 is 15.3 Å². The number of aromatic nitrogens is 2. The van der Waals surface area contributed by atoms with E-state index >= 15 is 0 Å². The van der Waals surface area contributed by atoms with Crippen LogP contribution < -0.4 is 21.8 Å². The van der Waals surface area contributed by atoms with Crippen molar-refractivity contribution in [1.29, 1.82) is 0 Å². The Kier molecular flexibility index (Phi) is 6.88. The van der Waals surface area contributed by atoms with Crippen LogP contribution in [-0.2, 0) is 0 Å². The van der Waals surface area contributed by atoms with E-state index in [9.17, 15) is 20.1 Å². The second-order valence-corrected chi connectivity index (χ2v) is 17.3. The summed E-state index contributed by atoms with van der Waals surface area (Å²) in [5.74, 6) is 0.102. The van der Waals surface area contributed by atoms with E-state index in [0.29, 0.717) is 0 Å². The van der Waals surface area contributed by atoms with Gasteiger partial charge in [0.15, 0.2) is 0 Å². The van der Waals surface area contributed by atoms with Crippen LogP contribution in [0, 0.1) is 0 Å². The summed E-state index contributed by atoms with van der Waals surface area (Å²) in [7, 11) is -2.97. The van der Waals surface area contributed by atoms with Gasteiger partial charge in [-0.15, -0.1) is 0 Å². The minimum atomic E-state index is -2.97. The summed E-state index contributed by atoms with van der Waals surface area (Å²) in [5, 5.41) is 36.2. The SMILES string of the molecule is CC(C)(C)[Si](c1ccccc1)(c1ccccc1)C(O)[C@H]1[Se][C@@H](n2ccc(N)nc2=O)[C@H](O)[C@@H]1O. The standard InChI is InChI=1S/C25H31N3O4SeSi/c1-25(2,3)34(16-10-6-4-7-11-16,17-12-8-5-9-13-17)23(31)21-19(29)20(30)22(33-21)28-15-14-18(26)27-24(28)32/h4-15,19-23,29-31H,1-3H3,(H2,26,27,32)/t19-,20+,21-,22+,23?/m0/s1. The summed E-state index contributed by atoms with van der Waals surface area (Å²) in [5.41, 5.74) is 4.16. The van der Waals surface area contributed by atoms with Crippen molar-refractivity contribution in [3.05, 3.63) is 83.4 Å². The van der Waals surface area contributed by atoms with Crippen LogP contribution >= 0.6 is 0 Å². The number of nitrogen functional groups attached to an aromatic ring is 1. The third kappa shape index (κ3) is 4.06. The Labute approximate surface area is 206 Å². The van der Waals surface area contributed by atoms with Crippen molar-refractivity contribution in [3.8, 4) is 0 Å².